The SMILES string of the molecule is CCOC(=O)c1c(-c2ccc(OC)cc2)csc1NC(=O)CN1CCN(c2ccccc2[N+](=O)[O-])CC1. The van der Waals surface area contributed by atoms with Crippen molar-refractivity contribution in [3.63, 3.8) is 0 Å². The van der Waals surface area contributed by atoms with Crippen LogP contribution in [-0.4, -0.2) is 68.1 Å². The van der Waals surface area contributed by atoms with E-state index in [0.717, 1.165) is 5.56 Å². The Bertz CT molecular complexity index is 1270. The molecule has 1 fully saturated rings. The van der Waals surface area contributed by atoms with Crippen LogP contribution in [0, 0.1) is 10.1 Å². The number of para-hydroxylation sites is 2. The second-order valence-electron chi connectivity index (χ2n) is 8.36. The van der Waals surface area contributed by atoms with Gasteiger partial charge >= 0.3 is 5.97 Å². The normalized spacial score (nSPS) is 13.7. The van der Waals surface area contributed by atoms with Crippen LogP contribution < -0.4 is 15.0 Å². The smallest absolute Gasteiger partial charge is 0.341 e. The lowest BCUT2D eigenvalue weighted by Gasteiger charge is -2.35. The maximum atomic E-state index is 12.9. The van der Waals surface area contributed by atoms with Crippen LogP contribution in [0.2, 0.25) is 0 Å². The first-order chi connectivity index (χ1) is 17.9. The van der Waals surface area contributed by atoms with Crippen LogP contribution >= 0.6 is 11.3 Å². The van der Waals surface area contributed by atoms with Gasteiger partial charge in [0.15, 0.2) is 0 Å². The van der Waals surface area contributed by atoms with Crippen molar-refractivity contribution in [1.82, 2.24) is 4.90 Å². The van der Waals surface area contributed by atoms with Gasteiger partial charge in [-0.2, -0.15) is 0 Å². The van der Waals surface area contributed by atoms with E-state index in [1.165, 1.54) is 17.4 Å². The van der Waals surface area contributed by atoms with E-state index in [9.17, 15) is 19.7 Å². The maximum Gasteiger partial charge on any atom is 0.341 e. The first-order valence-electron chi connectivity index (χ1n) is 11.8. The van der Waals surface area contributed by atoms with Gasteiger partial charge in [-0.15, -0.1) is 11.3 Å². The molecule has 0 aliphatic carbocycles. The Morgan fingerprint density at radius 1 is 1.08 bits per heavy atom. The van der Waals surface area contributed by atoms with E-state index in [1.807, 2.05) is 39.4 Å². The predicted molar refractivity (Wildman–Crippen MR) is 143 cm³/mol. The van der Waals surface area contributed by atoms with Gasteiger partial charge in [-0.25, -0.2) is 4.79 Å². The second kappa shape index (κ2) is 11.8. The molecule has 1 aliphatic heterocycles. The Kier molecular flexibility index (Phi) is 8.36. The molecule has 1 aromatic heterocycles. The summed E-state index contributed by atoms with van der Waals surface area (Å²) in [4.78, 5) is 40.7. The highest BCUT2D eigenvalue weighted by Crippen LogP contribution is 2.37. The number of carbonyl (C=O) groups excluding carboxylic acids is 2. The summed E-state index contributed by atoms with van der Waals surface area (Å²) in [6.45, 7) is 4.37. The number of nitrogens with one attached hydrogen (secondary N) is 1. The lowest BCUT2D eigenvalue weighted by atomic mass is 10.0. The number of esters is 1. The molecule has 3 aromatic rings. The zero-order valence-electron chi connectivity index (χ0n) is 20.6. The molecule has 1 aliphatic rings. The molecule has 0 radical (unpaired) electrons. The summed E-state index contributed by atoms with van der Waals surface area (Å²) in [5, 5.41) is 16.5. The number of nitro groups is 1. The van der Waals surface area contributed by atoms with Crippen LogP contribution in [0.5, 0.6) is 5.75 Å². The van der Waals surface area contributed by atoms with Crippen LogP contribution in [0.25, 0.3) is 11.1 Å². The molecule has 0 atom stereocenters. The first kappa shape index (κ1) is 26.1. The summed E-state index contributed by atoms with van der Waals surface area (Å²) >= 11 is 1.27. The molecule has 0 spiro atoms. The third kappa shape index (κ3) is 6.07. The Balaban J connectivity index is 1.42. The minimum atomic E-state index is -0.497. The molecule has 10 nitrogen and oxygen atoms in total. The van der Waals surface area contributed by atoms with Crippen LogP contribution in [-0.2, 0) is 9.53 Å². The number of thiophene rings is 1. The van der Waals surface area contributed by atoms with Crippen LogP contribution in [0.3, 0.4) is 0 Å². The van der Waals surface area contributed by atoms with Gasteiger partial charge in [-0.3, -0.25) is 19.8 Å². The Hall–Kier alpha value is -3.96. The largest absolute Gasteiger partial charge is 0.497 e. The van der Waals surface area contributed by atoms with E-state index in [0.29, 0.717) is 53.7 Å². The molecular weight excluding hydrogens is 496 g/mol. The van der Waals surface area contributed by atoms with Crippen molar-refractivity contribution in [2.45, 2.75) is 6.92 Å². The van der Waals surface area contributed by atoms with E-state index in [4.69, 9.17) is 9.47 Å². The molecule has 1 amide bonds. The van der Waals surface area contributed by atoms with Crippen molar-refractivity contribution in [3.05, 3.63) is 69.6 Å². The fourth-order valence-electron chi connectivity index (χ4n) is 4.24. The number of nitrogens with zero attached hydrogens (tertiary/aromatic N) is 3. The number of piperazine rings is 1. The Morgan fingerprint density at radius 3 is 2.43 bits per heavy atom. The molecule has 1 N–H and O–H groups in total. The zero-order valence-corrected chi connectivity index (χ0v) is 21.5. The summed E-state index contributed by atoms with van der Waals surface area (Å²) < 4.78 is 10.5. The second-order valence-corrected chi connectivity index (χ2v) is 9.24. The predicted octanol–water partition coefficient (Wildman–Crippen LogP) is 4.27. The molecule has 2 aromatic carbocycles. The molecule has 194 valence electrons. The molecule has 1 saturated heterocycles. The monoisotopic (exact) mass is 524 g/mol. The first-order valence-corrected chi connectivity index (χ1v) is 12.7. The number of benzene rings is 2. The van der Waals surface area contributed by atoms with Gasteiger partial charge < -0.3 is 19.7 Å². The van der Waals surface area contributed by atoms with Crippen molar-refractivity contribution in [2.24, 2.45) is 0 Å². The summed E-state index contributed by atoms with van der Waals surface area (Å²) in [7, 11) is 1.59. The van der Waals surface area contributed by atoms with Crippen molar-refractivity contribution in [3.8, 4) is 16.9 Å². The number of anilines is 2. The van der Waals surface area contributed by atoms with Gasteiger partial charge in [0.25, 0.3) is 5.69 Å². The minimum absolute atomic E-state index is 0.0746. The standard InChI is InChI=1S/C26H28N4O6S/c1-3-36-26(32)24-20(18-8-10-19(35-2)11-9-18)17-37-25(24)27-23(31)16-28-12-14-29(15-13-28)21-6-4-5-7-22(21)30(33)34/h4-11,17H,3,12-16H2,1-2H3,(H,27,31). The summed E-state index contributed by atoms with van der Waals surface area (Å²) in [6.07, 6.45) is 0. The van der Waals surface area contributed by atoms with Crippen molar-refractivity contribution < 1.29 is 24.0 Å². The molecule has 37 heavy (non-hydrogen) atoms. The number of nitro benzene ring substituents is 1. The third-order valence-corrected chi connectivity index (χ3v) is 6.98. The number of ether oxygens (including phenoxy) is 2. The lowest BCUT2D eigenvalue weighted by molar-refractivity contribution is -0.384. The Labute approximate surface area is 218 Å². The van der Waals surface area contributed by atoms with Crippen LogP contribution in [0.4, 0.5) is 16.4 Å². The van der Waals surface area contributed by atoms with Gasteiger partial charge in [0.2, 0.25) is 5.91 Å². The summed E-state index contributed by atoms with van der Waals surface area (Å²) in [5.74, 6) is -0.0390. The highest BCUT2D eigenvalue weighted by molar-refractivity contribution is 7.15. The number of hydrogen-bond donors (Lipinski definition) is 1. The number of hydrogen-bond acceptors (Lipinski definition) is 9. The molecule has 4 rings (SSSR count). The number of carbonyl (C=O) groups is 2. The van der Waals surface area contributed by atoms with Gasteiger partial charge in [0.05, 0.1) is 25.2 Å². The Morgan fingerprint density at radius 2 is 1.78 bits per heavy atom. The molecule has 11 heteroatoms. The van der Waals surface area contributed by atoms with Crippen molar-refractivity contribution >= 4 is 39.6 Å². The number of methoxy groups -OCH3 is 1. The van der Waals surface area contributed by atoms with Crippen LogP contribution in [0.1, 0.15) is 17.3 Å². The highest BCUT2D eigenvalue weighted by Gasteiger charge is 2.26. The van der Waals surface area contributed by atoms with Crippen molar-refractivity contribution in [1.29, 1.82) is 0 Å². The van der Waals surface area contributed by atoms with E-state index >= 15 is 0 Å². The molecule has 0 unspecified atom stereocenters. The van der Waals surface area contributed by atoms with E-state index in [-0.39, 0.29) is 29.7 Å². The van der Waals surface area contributed by atoms with Crippen molar-refractivity contribution in [2.75, 3.05) is 56.7 Å². The zero-order chi connectivity index (χ0) is 26.4. The summed E-state index contributed by atoms with van der Waals surface area (Å²) in [5.41, 5.74) is 2.48. The molecule has 0 saturated carbocycles. The average Bonchev–Trinajstić information content (AvgIpc) is 3.32. The maximum absolute atomic E-state index is 12.9. The molecule has 0 bridgehead atoms. The fraction of sp³-hybridized carbons (Fsp3) is 0.308. The van der Waals surface area contributed by atoms with E-state index < -0.39 is 5.97 Å². The van der Waals surface area contributed by atoms with Crippen LogP contribution in [0.15, 0.2) is 53.9 Å². The van der Waals surface area contributed by atoms with Gasteiger partial charge in [-0.05, 0) is 30.7 Å². The van der Waals surface area contributed by atoms with Gasteiger partial charge in [-0.1, -0.05) is 24.3 Å². The number of rotatable bonds is 9. The third-order valence-electron chi connectivity index (χ3n) is 6.08. The highest BCUT2D eigenvalue weighted by atomic mass is 32.1. The quantitative estimate of drug-likeness (QED) is 0.251. The summed E-state index contributed by atoms with van der Waals surface area (Å²) in [6, 6.07) is 14.0. The molecule has 2 heterocycles. The lowest BCUT2D eigenvalue weighted by Crippen LogP contribution is -2.48. The van der Waals surface area contributed by atoms with Gasteiger partial charge in [0.1, 0.15) is 22.0 Å². The fourth-order valence-corrected chi connectivity index (χ4v) is 5.21. The van der Waals surface area contributed by atoms with E-state index in [1.54, 1.807) is 32.2 Å². The van der Waals surface area contributed by atoms with Gasteiger partial charge in [0, 0.05) is 43.2 Å². The topological polar surface area (TPSA) is 114 Å². The number of amides is 1. The average molecular weight is 525 g/mol. The molecular formula is C26H28N4O6S. The minimum Gasteiger partial charge on any atom is -0.497 e. The van der Waals surface area contributed by atoms with E-state index in [2.05, 4.69) is 5.32 Å².